The molecule has 0 nitrogen and oxygen atoms in total. The molecule has 74 valence electrons. The Kier molecular flexibility index (Phi) is 3.27. The van der Waals surface area contributed by atoms with Gasteiger partial charge in [0, 0.05) is 0 Å². The normalized spacial score (nSPS) is 12.8. The summed E-state index contributed by atoms with van der Waals surface area (Å²) in [4.78, 5) is 0. The summed E-state index contributed by atoms with van der Waals surface area (Å²) in [5.41, 5.74) is 1.15. The second-order valence-corrected chi connectivity index (χ2v) is 6.32. The van der Waals surface area contributed by atoms with Crippen LogP contribution in [-0.2, 0) is 5.41 Å². The summed E-state index contributed by atoms with van der Waals surface area (Å²) in [7, 11) is 0. The van der Waals surface area contributed by atoms with E-state index in [1.165, 1.54) is 0 Å². The topological polar surface area (TPSA) is 0 Å². The molecule has 3 heteroatoms. The van der Waals surface area contributed by atoms with Crippen molar-refractivity contribution in [3.63, 3.8) is 0 Å². The third-order valence-corrected chi connectivity index (χ3v) is 3.54. The Morgan fingerprint density at radius 1 is 1.00 bits per heavy atom. The number of halogens is 3. The van der Waals surface area contributed by atoms with Gasteiger partial charge in [-0.1, -0.05) is 0 Å². The average Bonchev–Trinajstić information content (AvgIpc) is 2.03. The van der Waals surface area contributed by atoms with Gasteiger partial charge in [0.15, 0.2) is 0 Å². The van der Waals surface area contributed by atoms with Crippen molar-refractivity contribution >= 4 is 21.0 Å². The van der Waals surface area contributed by atoms with E-state index < -0.39 is 21.0 Å². The SMILES string of the molecule is CC(C)(C)c1ccc(I(F)F)cc1. The number of benzene rings is 1. The van der Waals surface area contributed by atoms with E-state index in [0.717, 1.165) is 5.56 Å². The first-order valence-electron chi connectivity index (χ1n) is 4.05. The quantitative estimate of drug-likeness (QED) is 0.673. The molecule has 0 aliphatic heterocycles. The molecule has 0 N–H and O–H groups in total. The maximum atomic E-state index is 12.4. The molecule has 13 heavy (non-hydrogen) atoms. The van der Waals surface area contributed by atoms with E-state index in [-0.39, 0.29) is 8.99 Å². The van der Waals surface area contributed by atoms with Crippen LogP contribution in [-0.4, -0.2) is 0 Å². The second-order valence-electron chi connectivity index (χ2n) is 3.95. The molecule has 0 saturated carbocycles. The third-order valence-electron chi connectivity index (χ3n) is 1.88. The molecule has 0 radical (unpaired) electrons. The van der Waals surface area contributed by atoms with Gasteiger partial charge >= 0.3 is 86.3 Å². The second kappa shape index (κ2) is 3.90. The van der Waals surface area contributed by atoms with Gasteiger partial charge in [0.2, 0.25) is 0 Å². The standard InChI is InChI=1S/C10H13F2I/c1-10(2,3)8-4-6-9(7-5-8)13(11)12/h4-7H,1-3H3. The summed E-state index contributed by atoms with van der Waals surface area (Å²) in [5, 5.41) is 0. The first-order valence-corrected chi connectivity index (χ1v) is 6.76. The maximum absolute atomic E-state index is 12.4. The molecule has 0 atom stereocenters. The van der Waals surface area contributed by atoms with Gasteiger partial charge in [0.1, 0.15) is 0 Å². The first kappa shape index (κ1) is 10.9. The number of hydrogen-bond donors (Lipinski definition) is 0. The zero-order valence-corrected chi connectivity index (χ0v) is 10.1. The van der Waals surface area contributed by atoms with E-state index >= 15 is 0 Å². The monoisotopic (exact) mass is 298 g/mol. The van der Waals surface area contributed by atoms with Crippen LogP contribution in [0.2, 0.25) is 0 Å². The molecular formula is C10H13F2I. The van der Waals surface area contributed by atoms with Gasteiger partial charge in [-0.2, -0.15) is 0 Å². The zero-order chi connectivity index (χ0) is 10.1. The zero-order valence-electron chi connectivity index (χ0n) is 7.94. The summed E-state index contributed by atoms with van der Waals surface area (Å²) >= 11 is -3.76. The van der Waals surface area contributed by atoms with E-state index in [0.29, 0.717) is 0 Å². The first-order chi connectivity index (χ1) is 5.91. The van der Waals surface area contributed by atoms with E-state index in [9.17, 15) is 5.72 Å². The van der Waals surface area contributed by atoms with Gasteiger partial charge in [-0.15, -0.1) is 0 Å². The van der Waals surface area contributed by atoms with Crippen molar-refractivity contribution in [2.75, 3.05) is 0 Å². The molecule has 1 aromatic carbocycles. The summed E-state index contributed by atoms with van der Waals surface area (Å²) in [6.07, 6.45) is 0. The van der Waals surface area contributed by atoms with Crippen molar-refractivity contribution in [1.29, 1.82) is 0 Å². The van der Waals surface area contributed by atoms with Crippen molar-refractivity contribution in [2.45, 2.75) is 26.2 Å². The average molecular weight is 298 g/mol. The van der Waals surface area contributed by atoms with E-state index in [1.807, 2.05) is 0 Å². The number of hydrogen-bond acceptors (Lipinski definition) is 0. The van der Waals surface area contributed by atoms with Crippen molar-refractivity contribution in [1.82, 2.24) is 0 Å². The fourth-order valence-electron chi connectivity index (χ4n) is 1.05. The fraction of sp³-hybridized carbons (Fsp3) is 0.400. The van der Waals surface area contributed by atoms with Gasteiger partial charge in [0.05, 0.1) is 0 Å². The summed E-state index contributed by atoms with van der Waals surface area (Å²) in [5.74, 6) is 0. The Labute approximate surface area is 86.3 Å². The van der Waals surface area contributed by atoms with Crippen LogP contribution in [0.15, 0.2) is 24.3 Å². The van der Waals surface area contributed by atoms with Gasteiger partial charge in [-0.25, -0.2) is 0 Å². The number of rotatable bonds is 1. The van der Waals surface area contributed by atoms with Gasteiger partial charge in [0.25, 0.3) is 0 Å². The Morgan fingerprint density at radius 2 is 1.46 bits per heavy atom. The summed E-state index contributed by atoms with van der Waals surface area (Å²) in [6.45, 7) is 6.22. The van der Waals surface area contributed by atoms with E-state index in [4.69, 9.17) is 0 Å². The molecule has 0 aliphatic carbocycles. The van der Waals surface area contributed by atoms with Gasteiger partial charge < -0.3 is 0 Å². The predicted molar refractivity (Wildman–Crippen MR) is 60.1 cm³/mol. The van der Waals surface area contributed by atoms with Crippen molar-refractivity contribution < 1.29 is 5.72 Å². The van der Waals surface area contributed by atoms with Crippen molar-refractivity contribution in [3.05, 3.63) is 33.4 Å². The molecule has 0 aromatic heterocycles. The molecule has 0 fully saturated rings. The minimum atomic E-state index is -3.76. The molecule has 0 spiro atoms. The van der Waals surface area contributed by atoms with Crippen LogP contribution in [0.25, 0.3) is 0 Å². The predicted octanol–water partition coefficient (Wildman–Crippen LogP) is 4.43. The van der Waals surface area contributed by atoms with Crippen LogP contribution >= 0.6 is 21.0 Å². The fourth-order valence-corrected chi connectivity index (χ4v) is 1.95. The Hall–Kier alpha value is -0.190. The molecule has 1 rings (SSSR count). The van der Waals surface area contributed by atoms with Gasteiger partial charge in [-0.3, -0.25) is 0 Å². The Bertz CT molecular complexity index is 272. The summed E-state index contributed by atoms with van der Waals surface area (Å²) < 4.78 is 25.0. The molecule has 0 heterocycles. The molecule has 0 bridgehead atoms. The van der Waals surface area contributed by atoms with Crippen LogP contribution in [0.4, 0.5) is 5.72 Å². The summed E-state index contributed by atoms with van der Waals surface area (Å²) in [6, 6.07) is 6.73. The van der Waals surface area contributed by atoms with E-state index in [2.05, 4.69) is 20.8 Å². The van der Waals surface area contributed by atoms with Crippen molar-refractivity contribution in [2.24, 2.45) is 0 Å². The van der Waals surface area contributed by atoms with Crippen LogP contribution in [0, 0.1) is 3.57 Å². The molecule has 0 unspecified atom stereocenters. The Balaban J connectivity index is 2.94. The third kappa shape index (κ3) is 2.90. The molecule has 0 amide bonds. The molecular weight excluding hydrogens is 285 g/mol. The molecule has 1 aromatic rings. The minimum absolute atomic E-state index is 0.0458. The van der Waals surface area contributed by atoms with Crippen LogP contribution in [0.1, 0.15) is 26.3 Å². The Morgan fingerprint density at radius 3 is 1.77 bits per heavy atom. The van der Waals surface area contributed by atoms with Crippen LogP contribution in [0.5, 0.6) is 0 Å². The van der Waals surface area contributed by atoms with E-state index in [1.54, 1.807) is 24.3 Å². The van der Waals surface area contributed by atoms with Crippen LogP contribution in [0.3, 0.4) is 0 Å². The van der Waals surface area contributed by atoms with Crippen molar-refractivity contribution in [3.8, 4) is 0 Å². The molecule has 0 saturated heterocycles. The van der Waals surface area contributed by atoms with Crippen LogP contribution < -0.4 is 0 Å². The molecule has 0 aliphatic rings. The van der Waals surface area contributed by atoms with Gasteiger partial charge in [-0.05, 0) is 0 Å².